The van der Waals surface area contributed by atoms with E-state index in [1.807, 2.05) is 54.6 Å². The Labute approximate surface area is 177 Å². The monoisotopic (exact) mass is 404 g/mol. The summed E-state index contributed by atoms with van der Waals surface area (Å²) in [6.07, 6.45) is 6.12. The standard InChI is InChI=1S/C23H28N6O/c1-30-20-14-12-17(13-15-20)16-24-21-27-22(25-18-8-4-2-5-9-18)29-23(28-21)26-19-10-6-3-7-11-19/h2,4-5,8-9,12-15,19H,3,6-7,10-11,16H2,1H3,(H3,24,25,26,27,28,29). The van der Waals surface area contributed by atoms with E-state index < -0.39 is 0 Å². The largest absolute Gasteiger partial charge is 0.497 e. The third-order valence-corrected chi connectivity index (χ3v) is 5.21. The van der Waals surface area contributed by atoms with E-state index in [1.54, 1.807) is 7.11 Å². The predicted octanol–water partition coefficient (Wildman–Crippen LogP) is 4.98. The fourth-order valence-electron chi connectivity index (χ4n) is 3.58. The minimum absolute atomic E-state index is 0.417. The average Bonchev–Trinajstić information content (AvgIpc) is 2.79. The van der Waals surface area contributed by atoms with Crippen molar-refractivity contribution < 1.29 is 4.74 Å². The number of nitrogens with one attached hydrogen (secondary N) is 3. The number of ether oxygens (including phenoxy) is 1. The summed E-state index contributed by atoms with van der Waals surface area (Å²) in [5.74, 6) is 2.50. The lowest BCUT2D eigenvalue weighted by molar-refractivity contribution is 0.414. The van der Waals surface area contributed by atoms with E-state index in [4.69, 9.17) is 4.74 Å². The molecule has 0 amide bonds. The zero-order chi connectivity index (χ0) is 20.6. The molecular weight excluding hydrogens is 376 g/mol. The number of hydrogen-bond donors (Lipinski definition) is 3. The van der Waals surface area contributed by atoms with Gasteiger partial charge in [0.1, 0.15) is 5.75 Å². The van der Waals surface area contributed by atoms with Crippen molar-refractivity contribution in [3.63, 3.8) is 0 Å². The van der Waals surface area contributed by atoms with Crippen molar-refractivity contribution in [2.45, 2.75) is 44.7 Å². The summed E-state index contributed by atoms with van der Waals surface area (Å²) in [7, 11) is 1.67. The molecule has 1 heterocycles. The maximum absolute atomic E-state index is 5.22. The Hall–Kier alpha value is -3.35. The second kappa shape index (κ2) is 9.91. The van der Waals surface area contributed by atoms with E-state index in [2.05, 4.69) is 30.9 Å². The van der Waals surface area contributed by atoms with Crippen LogP contribution in [0.25, 0.3) is 0 Å². The summed E-state index contributed by atoms with van der Waals surface area (Å²) in [4.78, 5) is 13.8. The highest BCUT2D eigenvalue weighted by atomic mass is 16.5. The highest BCUT2D eigenvalue weighted by Gasteiger charge is 2.15. The highest BCUT2D eigenvalue weighted by molar-refractivity contribution is 5.55. The molecule has 3 N–H and O–H groups in total. The van der Waals surface area contributed by atoms with Crippen molar-refractivity contribution in [3.05, 3.63) is 60.2 Å². The molecule has 1 aliphatic carbocycles. The van der Waals surface area contributed by atoms with Gasteiger partial charge in [-0.2, -0.15) is 15.0 Å². The molecule has 1 aliphatic rings. The van der Waals surface area contributed by atoms with Crippen LogP contribution < -0.4 is 20.7 Å². The number of rotatable bonds is 8. The molecule has 2 aromatic carbocycles. The molecule has 0 spiro atoms. The van der Waals surface area contributed by atoms with E-state index in [0.717, 1.165) is 29.8 Å². The van der Waals surface area contributed by atoms with Crippen LogP contribution in [0.3, 0.4) is 0 Å². The Kier molecular flexibility index (Phi) is 6.59. The number of benzene rings is 2. The van der Waals surface area contributed by atoms with E-state index >= 15 is 0 Å². The molecule has 0 aliphatic heterocycles. The SMILES string of the molecule is COc1ccc(CNc2nc(Nc3ccccc3)nc(NC3CCCCC3)n2)cc1. The number of aromatic nitrogens is 3. The lowest BCUT2D eigenvalue weighted by atomic mass is 9.96. The van der Waals surface area contributed by atoms with Gasteiger partial charge in [-0.05, 0) is 42.7 Å². The molecule has 7 nitrogen and oxygen atoms in total. The van der Waals surface area contributed by atoms with Gasteiger partial charge in [-0.1, -0.05) is 49.6 Å². The number of para-hydroxylation sites is 1. The maximum atomic E-state index is 5.22. The summed E-state index contributed by atoms with van der Waals surface area (Å²) in [5.41, 5.74) is 2.06. The zero-order valence-corrected chi connectivity index (χ0v) is 17.3. The number of nitrogens with zero attached hydrogens (tertiary/aromatic N) is 3. The van der Waals surface area contributed by atoms with Gasteiger partial charge in [0.15, 0.2) is 0 Å². The predicted molar refractivity (Wildman–Crippen MR) is 120 cm³/mol. The van der Waals surface area contributed by atoms with Crippen LogP contribution in [0.4, 0.5) is 23.5 Å². The lowest BCUT2D eigenvalue weighted by Crippen LogP contribution is -2.24. The molecule has 1 fully saturated rings. The van der Waals surface area contributed by atoms with Gasteiger partial charge in [0.2, 0.25) is 17.8 Å². The fraction of sp³-hybridized carbons (Fsp3) is 0.348. The molecule has 0 bridgehead atoms. The molecule has 3 aromatic rings. The van der Waals surface area contributed by atoms with Crippen molar-refractivity contribution in [1.82, 2.24) is 15.0 Å². The first-order valence-corrected chi connectivity index (χ1v) is 10.5. The van der Waals surface area contributed by atoms with Crippen molar-refractivity contribution in [3.8, 4) is 5.75 Å². The van der Waals surface area contributed by atoms with Crippen molar-refractivity contribution in [2.75, 3.05) is 23.1 Å². The molecule has 0 radical (unpaired) electrons. The van der Waals surface area contributed by atoms with Crippen LogP contribution in [0.15, 0.2) is 54.6 Å². The zero-order valence-electron chi connectivity index (χ0n) is 17.3. The number of methoxy groups -OCH3 is 1. The molecule has 156 valence electrons. The summed E-state index contributed by atoms with van der Waals surface area (Å²) in [5, 5.41) is 10.1. The van der Waals surface area contributed by atoms with Gasteiger partial charge in [-0.3, -0.25) is 0 Å². The van der Waals surface area contributed by atoms with Crippen molar-refractivity contribution in [2.24, 2.45) is 0 Å². The topological polar surface area (TPSA) is 84.0 Å². The third kappa shape index (κ3) is 5.59. The van der Waals surface area contributed by atoms with Crippen LogP contribution in [0.2, 0.25) is 0 Å². The summed E-state index contributed by atoms with van der Waals surface area (Å²) < 4.78 is 5.22. The first-order chi connectivity index (χ1) is 14.8. The molecule has 7 heteroatoms. The van der Waals surface area contributed by atoms with Gasteiger partial charge >= 0.3 is 0 Å². The second-order valence-electron chi connectivity index (χ2n) is 7.48. The van der Waals surface area contributed by atoms with Crippen LogP contribution in [0, 0.1) is 0 Å². The molecule has 30 heavy (non-hydrogen) atoms. The summed E-state index contributed by atoms with van der Waals surface area (Å²) >= 11 is 0. The first kappa shape index (κ1) is 19.9. The van der Waals surface area contributed by atoms with E-state index in [-0.39, 0.29) is 0 Å². The molecule has 1 aromatic heterocycles. The quantitative estimate of drug-likeness (QED) is 0.488. The summed E-state index contributed by atoms with van der Waals surface area (Å²) in [6, 6.07) is 18.3. The van der Waals surface area contributed by atoms with E-state index in [9.17, 15) is 0 Å². The Morgan fingerprint density at radius 2 is 1.53 bits per heavy atom. The van der Waals surface area contributed by atoms with Crippen LogP contribution >= 0.6 is 0 Å². The van der Waals surface area contributed by atoms with Crippen molar-refractivity contribution >= 4 is 23.5 Å². The van der Waals surface area contributed by atoms with E-state index in [0.29, 0.717) is 30.4 Å². The Morgan fingerprint density at radius 3 is 2.27 bits per heavy atom. The summed E-state index contributed by atoms with van der Waals surface area (Å²) in [6.45, 7) is 0.613. The van der Waals surface area contributed by atoms with Crippen LogP contribution in [0.5, 0.6) is 5.75 Å². The van der Waals surface area contributed by atoms with Gasteiger partial charge in [0.25, 0.3) is 0 Å². The Morgan fingerprint density at radius 1 is 0.833 bits per heavy atom. The molecule has 1 saturated carbocycles. The fourth-order valence-corrected chi connectivity index (χ4v) is 3.58. The second-order valence-corrected chi connectivity index (χ2v) is 7.48. The molecule has 0 unspecified atom stereocenters. The van der Waals surface area contributed by atoms with Gasteiger partial charge < -0.3 is 20.7 Å². The lowest BCUT2D eigenvalue weighted by Gasteiger charge is -2.23. The van der Waals surface area contributed by atoms with Crippen molar-refractivity contribution in [1.29, 1.82) is 0 Å². The number of hydrogen-bond acceptors (Lipinski definition) is 7. The average molecular weight is 405 g/mol. The molecule has 4 rings (SSSR count). The van der Waals surface area contributed by atoms with Gasteiger partial charge in [-0.15, -0.1) is 0 Å². The highest BCUT2D eigenvalue weighted by Crippen LogP contribution is 2.22. The normalized spacial score (nSPS) is 14.2. The Bertz CT molecular complexity index is 926. The first-order valence-electron chi connectivity index (χ1n) is 10.5. The van der Waals surface area contributed by atoms with Gasteiger partial charge in [0.05, 0.1) is 7.11 Å². The van der Waals surface area contributed by atoms with Crippen LogP contribution in [-0.2, 0) is 6.54 Å². The maximum Gasteiger partial charge on any atom is 0.233 e. The third-order valence-electron chi connectivity index (χ3n) is 5.21. The molecule has 0 atom stereocenters. The van der Waals surface area contributed by atoms with Gasteiger partial charge in [-0.25, -0.2) is 0 Å². The minimum Gasteiger partial charge on any atom is -0.497 e. The van der Waals surface area contributed by atoms with Crippen LogP contribution in [0.1, 0.15) is 37.7 Å². The van der Waals surface area contributed by atoms with Crippen LogP contribution in [-0.4, -0.2) is 28.1 Å². The minimum atomic E-state index is 0.417. The molecular formula is C23H28N6O. The Balaban J connectivity index is 1.50. The smallest absolute Gasteiger partial charge is 0.233 e. The molecule has 0 saturated heterocycles. The van der Waals surface area contributed by atoms with Gasteiger partial charge in [0, 0.05) is 18.3 Å². The van der Waals surface area contributed by atoms with E-state index in [1.165, 1.54) is 19.3 Å². The number of anilines is 4.